The van der Waals surface area contributed by atoms with Crippen LogP contribution in [0, 0.1) is 0 Å². The van der Waals surface area contributed by atoms with Crippen LogP contribution in [-0.4, -0.2) is 23.6 Å². The summed E-state index contributed by atoms with van der Waals surface area (Å²) in [5, 5.41) is 6.18. The largest absolute Gasteiger partial charge is 0.372 e. The molecule has 0 saturated carbocycles. The normalized spacial score (nSPS) is 10.2. The molecule has 6 heteroatoms. The van der Waals surface area contributed by atoms with E-state index in [4.69, 9.17) is 11.6 Å². The van der Waals surface area contributed by atoms with Gasteiger partial charge in [0.15, 0.2) is 0 Å². The topological polar surface area (TPSA) is 49.8 Å². The fourth-order valence-corrected chi connectivity index (χ4v) is 2.46. The van der Waals surface area contributed by atoms with E-state index in [0.717, 1.165) is 28.9 Å². The first kappa shape index (κ1) is 12.1. The van der Waals surface area contributed by atoms with Crippen LogP contribution in [-0.2, 0) is 6.42 Å². The summed E-state index contributed by atoms with van der Waals surface area (Å²) in [5.41, 5.74) is 0. The molecule has 0 aromatic carbocycles. The van der Waals surface area contributed by atoms with Crippen molar-refractivity contribution in [1.82, 2.24) is 9.97 Å². The Bertz CT molecular complexity index is 486. The number of rotatable bonds is 5. The van der Waals surface area contributed by atoms with Gasteiger partial charge in [0.2, 0.25) is 0 Å². The number of nitrogens with one attached hydrogen (secondary N) is 2. The SMILES string of the molecule is CNc1cncc(NCCc2ccc(Cl)s2)n1. The van der Waals surface area contributed by atoms with Gasteiger partial charge in [-0.05, 0) is 18.6 Å². The quantitative estimate of drug-likeness (QED) is 0.876. The lowest BCUT2D eigenvalue weighted by molar-refractivity contribution is 1.02. The first-order valence-electron chi connectivity index (χ1n) is 5.26. The molecule has 2 heterocycles. The monoisotopic (exact) mass is 268 g/mol. The van der Waals surface area contributed by atoms with Crippen molar-refractivity contribution >= 4 is 34.6 Å². The molecule has 2 N–H and O–H groups in total. The Kier molecular flexibility index (Phi) is 4.17. The van der Waals surface area contributed by atoms with Crippen molar-refractivity contribution in [1.29, 1.82) is 0 Å². The van der Waals surface area contributed by atoms with Gasteiger partial charge in [0.05, 0.1) is 16.7 Å². The smallest absolute Gasteiger partial charge is 0.146 e. The van der Waals surface area contributed by atoms with Gasteiger partial charge in [0.1, 0.15) is 11.6 Å². The third kappa shape index (κ3) is 3.57. The summed E-state index contributed by atoms with van der Waals surface area (Å²) < 4.78 is 0.831. The number of anilines is 2. The zero-order valence-corrected chi connectivity index (χ0v) is 11.0. The molecule has 2 aromatic rings. The van der Waals surface area contributed by atoms with Crippen molar-refractivity contribution in [3.05, 3.63) is 33.7 Å². The molecule has 0 atom stereocenters. The fraction of sp³-hybridized carbons (Fsp3) is 0.273. The molecule has 0 aliphatic carbocycles. The number of aromatic nitrogens is 2. The maximum absolute atomic E-state index is 5.86. The number of hydrogen-bond donors (Lipinski definition) is 2. The van der Waals surface area contributed by atoms with Gasteiger partial charge in [-0.1, -0.05) is 11.6 Å². The Morgan fingerprint density at radius 1 is 1.29 bits per heavy atom. The van der Waals surface area contributed by atoms with E-state index in [1.54, 1.807) is 23.7 Å². The molecular weight excluding hydrogens is 256 g/mol. The molecule has 0 unspecified atom stereocenters. The van der Waals surface area contributed by atoms with E-state index in [9.17, 15) is 0 Å². The molecular formula is C11H13ClN4S. The molecule has 0 amide bonds. The summed E-state index contributed by atoms with van der Waals surface area (Å²) >= 11 is 7.47. The van der Waals surface area contributed by atoms with Gasteiger partial charge in [-0.15, -0.1) is 11.3 Å². The minimum atomic E-state index is 0.758. The molecule has 0 saturated heterocycles. The van der Waals surface area contributed by atoms with Crippen molar-refractivity contribution in [2.24, 2.45) is 0 Å². The summed E-state index contributed by atoms with van der Waals surface area (Å²) in [7, 11) is 1.82. The summed E-state index contributed by atoms with van der Waals surface area (Å²) in [6.45, 7) is 0.818. The van der Waals surface area contributed by atoms with Crippen molar-refractivity contribution in [3.8, 4) is 0 Å². The van der Waals surface area contributed by atoms with Crippen LogP contribution in [0.15, 0.2) is 24.5 Å². The van der Waals surface area contributed by atoms with Crippen LogP contribution in [0.1, 0.15) is 4.88 Å². The minimum Gasteiger partial charge on any atom is -0.372 e. The number of thiophene rings is 1. The average Bonchev–Trinajstić information content (AvgIpc) is 2.75. The maximum Gasteiger partial charge on any atom is 0.146 e. The highest BCUT2D eigenvalue weighted by Crippen LogP contribution is 2.21. The van der Waals surface area contributed by atoms with Crippen LogP contribution >= 0.6 is 22.9 Å². The van der Waals surface area contributed by atoms with E-state index in [1.165, 1.54) is 4.88 Å². The van der Waals surface area contributed by atoms with E-state index in [1.807, 2.05) is 19.2 Å². The first-order valence-corrected chi connectivity index (χ1v) is 6.45. The maximum atomic E-state index is 5.86. The third-order valence-corrected chi connectivity index (χ3v) is 3.49. The second-order valence-corrected chi connectivity index (χ2v) is 5.22. The molecule has 0 spiro atoms. The average molecular weight is 269 g/mol. The molecule has 0 fully saturated rings. The molecule has 17 heavy (non-hydrogen) atoms. The molecule has 2 rings (SSSR count). The van der Waals surface area contributed by atoms with E-state index >= 15 is 0 Å². The predicted molar refractivity (Wildman–Crippen MR) is 73.1 cm³/mol. The lowest BCUT2D eigenvalue weighted by Gasteiger charge is -2.05. The standard InChI is InChI=1S/C11H13ClN4S/c1-13-10-6-14-7-11(16-10)15-5-4-8-2-3-9(12)17-8/h2-3,6-7H,4-5H2,1H3,(H2,13,15,16). The van der Waals surface area contributed by atoms with Crippen LogP contribution in [0.4, 0.5) is 11.6 Å². The second-order valence-electron chi connectivity index (χ2n) is 3.42. The molecule has 0 radical (unpaired) electrons. The Hall–Kier alpha value is -1.33. The highest BCUT2D eigenvalue weighted by molar-refractivity contribution is 7.16. The van der Waals surface area contributed by atoms with E-state index in [0.29, 0.717) is 0 Å². The van der Waals surface area contributed by atoms with Crippen LogP contribution in [0.5, 0.6) is 0 Å². The van der Waals surface area contributed by atoms with Crippen molar-refractivity contribution in [3.63, 3.8) is 0 Å². The van der Waals surface area contributed by atoms with Gasteiger partial charge in [-0.25, -0.2) is 4.98 Å². The van der Waals surface area contributed by atoms with Crippen LogP contribution < -0.4 is 10.6 Å². The van der Waals surface area contributed by atoms with E-state index < -0.39 is 0 Å². The number of halogens is 1. The predicted octanol–water partition coefficient (Wildman–Crippen LogP) is 2.89. The lowest BCUT2D eigenvalue weighted by atomic mass is 10.3. The Balaban J connectivity index is 1.85. The lowest BCUT2D eigenvalue weighted by Crippen LogP contribution is -2.06. The van der Waals surface area contributed by atoms with E-state index in [2.05, 4.69) is 20.6 Å². The van der Waals surface area contributed by atoms with Gasteiger partial charge in [0, 0.05) is 18.5 Å². The highest BCUT2D eigenvalue weighted by atomic mass is 35.5. The molecule has 90 valence electrons. The van der Waals surface area contributed by atoms with Crippen molar-refractivity contribution in [2.45, 2.75) is 6.42 Å². The van der Waals surface area contributed by atoms with Crippen molar-refractivity contribution < 1.29 is 0 Å². The molecule has 4 nitrogen and oxygen atoms in total. The summed E-state index contributed by atoms with van der Waals surface area (Å²) in [6, 6.07) is 3.97. The second kappa shape index (κ2) is 5.84. The molecule has 0 aliphatic heterocycles. The zero-order valence-electron chi connectivity index (χ0n) is 9.40. The summed E-state index contributed by atoms with van der Waals surface area (Å²) in [6.07, 6.45) is 4.33. The number of hydrogen-bond acceptors (Lipinski definition) is 5. The molecule has 0 bridgehead atoms. The van der Waals surface area contributed by atoms with Crippen molar-refractivity contribution in [2.75, 3.05) is 24.2 Å². The fourth-order valence-electron chi connectivity index (χ4n) is 1.37. The van der Waals surface area contributed by atoms with Gasteiger partial charge in [-0.3, -0.25) is 4.98 Å². The van der Waals surface area contributed by atoms with Crippen LogP contribution in [0.25, 0.3) is 0 Å². The van der Waals surface area contributed by atoms with Crippen LogP contribution in [0.3, 0.4) is 0 Å². The Morgan fingerprint density at radius 3 is 2.82 bits per heavy atom. The van der Waals surface area contributed by atoms with E-state index in [-0.39, 0.29) is 0 Å². The minimum absolute atomic E-state index is 0.758. The Morgan fingerprint density at radius 2 is 2.12 bits per heavy atom. The molecule has 0 aliphatic rings. The molecule has 2 aromatic heterocycles. The third-order valence-electron chi connectivity index (χ3n) is 2.20. The summed E-state index contributed by atoms with van der Waals surface area (Å²) in [4.78, 5) is 9.66. The van der Waals surface area contributed by atoms with Gasteiger partial charge in [-0.2, -0.15) is 0 Å². The van der Waals surface area contributed by atoms with Gasteiger partial charge < -0.3 is 10.6 Å². The highest BCUT2D eigenvalue weighted by Gasteiger charge is 1.99. The number of nitrogens with zero attached hydrogens (tertiary/aromatic N) is 2. The summed E-state index contributed by atoms with van der Waals surface area (Å²) in [5.74, 6) is 1.54. The Labute approximate surface area is 109 Å². The van der Waals surface area contributed by atoms with Gasteiger partial charge in [0.25, 0.3) is 0 Å². The van der Waals surface area contributed by atoms with Gasteiger partial charge >= 0.3 is 0 Å². The van der Waals surface area contributed by atoms with Crippen LogP contribution in [0.2, 0.25) is 4.34 Å². The first-order chi connectivity index (χ1) is 8.28. The zero-order chi connectivity index (χ0) is 12.1.